The van der Waals surface area contributed by atoms with Crippen molar-refractivity contribution in [1.82, 2.24) is 0 Å². The Balaban J connectivity index is 2.59. The number of carbonyl (C=O) groups excluding carboxylic acids is 1. The highest BCUT2D eigenvalue weighted by Gasteiger charge is 2.02. The van der Waals surface area contributed by atoms with Gasteiger partial charge in [0.15, 0.2) is 0 Å². The standard InChI is InChI=1S/C9H8N2O4/c1-6-2-4-7(5-3-6)15-9(14)11-10-8(12)13/h2-5H,1H3,(H,12,13). The molecule has 0 spiro atoms. The second-order valence-electron chi connectivity index (χ2n) is 2.66. The van der Waals surface area contributed by atoms with Crippen molar-refractivity contribution >= 4 is 12.2 Å². The monoisotopic (exact) mass is 208 g/mol. The molecule has 0 bridgehead atoms. The molecule has 1 aromatic rings. The number of benzene rings is 1. The van der Waals surface area contributed by atoms with Crippen LogP contribution in [0.1, 0.15) is 5.56 Å². The summed E-state index contributed by atoms with van der Waals surface area (Å²) in [5.74, 6) is 0.287. The molecule has 0 saturated heterocycles. The summed E-state index contributed by atoms with van der Waals surface area (Å²) in [6.07, 6.45) is -2.61. The molecule has 0 aliphatic carbocycles. The Morgan fingerprint density at radius 2 is 1.80 bits per heavy atom. The van der Waals surface area contributed by atoms with E-state index in [9.17, 15) is 9.59 Å². The minimum Gasteiger partial charge on any atom is -0.462 e. The average Bonchev–Trinajstić information content (AvgIpc) is 2.19. The highest BCUT2D eigenvalue weighted by molar-refractivity contribution is 5.73. The van der Waals surface area contributed by atoms with Crippen molar-refractivity contribution in [3.05, 3.63) is 29.8 Å². The first-order valence-corrected chi connectivity index (χ1v) is 4.01. The van der Waals surface area contributed by atoms with E-state index in [1.807, 2.05) is 6.92 Å². The van der Waals surface area contributed by atoms with Crippen LogP contribution in [0.5, 0.6) is 5.75 Å². The minimum absolute atomic E-state index is 0.287. The van der Waals surface area contributed by atoms with Crippen LogP contribution in [0.4, 0.5) is 9.59 Å². The van der Waals surface area contributed by atoms with Crippen LogP contribution in [0, 0.1) is 6.92 Å². The Morgan fingerprint density at radius 3 is 2.33 bits per heavy atom. The SMILES string of the molecule is Cc1ccc(OC(=O)N=NC(=O)O)cc1. The van der Waals surface area contributed by atoms with E-state index in [0.717, 1.165) is 5.56 Å². The van der Waals surface area contributed by atoms with Gasteiger partial charge in [-0.1, -0.05) is 27.9 Å². The van der Waals surface area contributed by atoms with Crippen molar-refractivity contribution in [2.24, 2.45) is 10.2 Å². The molecule has 1 aromatic carbocycles. The second kappa shape index (κ2) is 4.85. The van der Waals surface area contributed by atoms with Gasteiger partial charge >= 0.3 is 12.2 Å². The topological polar surface area (TPSA) is 88.3 Å². The van der Waals surface area contributed by atoms with Crippen LogP contribution in [0.3, 0.4) is 0 Å². The number of hydrogen-bond acceptors (Lipinski definition) is 3. The third kappa shape index (κ3) is 3.99. The summed E-state index contributed by atoms with van der Waals surface area (Å²) in [5.41, 5.74) is 1.02. The van der Waals surface area contributed by atoms with Gasteiger partial charge in [0.2, 0.25) is 0 Å². The molecule has 0 fully saturated rings. The van der Waals surface area contributed by atoms with Gasteiger partial charge < -0.3 is 9.84 Å². The molecule has 78 valence electrons. The fourth-order valence-corrected chi connectivity index (χ4v) is 0.811. The number of ether oxygens (including phenoxy) is 1. The Bertz CT molecular complexity index is 397. The van der Waals surface area contributed by atoms with E-state index in [1.165, 1.54) is 0 Å². The molecule has 0 unspecified atom stereocenters. The Hall–Kier alpha value is -2.24. The van der Waals surface area contributed by atoms with E-state index >= 15 is 0 Å². The first-order valence-electron chi connectivity index (χ1n) is 4.01. The van der Waals surface area contributed by atoms with E-state index in [0.29, 0.717) is 0 Å². The largest absolute Gasteiger partial charge is 0.462 e. The molecule has 0 aromatic heterocycles. The molecule has 6 nitrogen and oxygen atoms in total. The van der Waals surface area contributed by atoms with Gasteiger partial charge in [-0.05, 0) is 19.1 Å². The lowest BCUT2D eigenvalue weighted by molar-refractivity contribution is 0.197. The predicted octanol–water partition coefficient (Wildman–Crippen LogP) is 2.62. The number of carboxylic acid groups (broad SMARTS) is 1. The second-order valence-corrected chi connectivity index (χ2v) is 2.66. The summed E-state index contributed by atoms with van der Waals surface area (Å²) >= 11 is 0. The molecule has 0 aliphatic heterocycles. The zero-order chi connectivity index (χ0) is 11.3. The molecule has 0 saturated carbocycles. The predicted molar refractivity (Wildman–Crippen MR) is 50.1 cm³/mol. The molecule has 6 heteroatoms. The summed E-state index contributed by atoms with van der Waals surface area (Å²) in [5, 5.41) is 13.5. The number of aryl methyl sites for hydroxylation is 1. The molecule has 1 rings (SSSR count). The van der Waals surface area contributed by atoms with Crippen LogP contribution in [0.25, 0.3) is 0 Å². The summed E-state index contributed by atoms with van der Waals surface area (Å²) in [6, 6.07) is 6.64. The lowest BCUT2D eigenvalue weighted by Gasteiger charge is -1.99. The third-order valence-electron chi connectivity index (χ3n) is 1.44. The number of rotatable bonds is 1. The van der Waals surface area contributed by atoms with E-state index in [-0.39, 0.29) is 5.75 Å². The first kappa shape index (κ1) is 10.8. The Kier molecular flexibility index (Phi) is 3.50. The molecule has 1 N–H and O–H groups in total. The van der Waals surface area contributed by atoms with E-state index in [2.05, 4.69) is 15.0 Å². The summed E-state index contributed by atoms with van der Waals surface area (Å²) in [7, 11) is 0. The van der Waals surface area contributed by atoms with Crippen molar-refractivity contribution < 1.29 is 19.4 Å². The van der Waals surface area contributed by atoms with Gasteiger partial charge in [0.25, 0.3) is 0 Å². The van der Waals surface area contributed by atoms with E-state index in [1.54, 1.807) is 24.3 Å². The van der Waals surface area contributed by atoms with E-state index < -0.39 is 12.2 Å². The number of azo groups is 1. The minimum atomic E-state index is -1.55. The molecule has 0 aliphatic rings. The third-order valence-corrected chi connectivity index (χ3v) is 1.44. The van der Waals surface area contributed by atoms with Gasteiger partial charge in [0.1, 0.15) is 5.75 Å². The van der Waals surface area contributed by atoms with Crippen molar-refractivity contribution in [2.75, 3.05) is 0 Å². The van der Waals surface area contributed by atoms with Crippen LogP contribution < -0.4 is 4.74 Å². The average molecular weight is 208 g/mol. The number of hydrogen-bond donors (Lipinski definition) is 1. The van der Waals surface area contributed by atoms with Crippen molar-refractivity contribution in [2.45, 2.75) is 6.92 Å². The molecule has 0 heterocycles. The van der Waals surface area contributed by atoms with Crippen LogP contribution in [0.2, 0.25) is 0 Å². The Labute approximate surface area is 85.2 Å². The molecule has 15 heavy (non-hydrogen) atoms. The van der Waals surface area contributed by atoms with Gasteiger partial charge in [-0.25, -0.2) is 9.59 Å². The maximum atomic E-state index is 10.9. The quantitative estimate of drug-likeness (QED) is 0.718. The summed E-state index contributed by atoms with van der Waals surface area (Å²) in [4.78, 5) is 20.8. The van der Waals surface area contributed by atoms with Gasteiger partial charge in [0.05, 0.1) is 0 Å². The maximum Gasteiger partial charge on any atom is 0.458 e. The molecule has 0 radical (unpaired) electrons. The highest BCUT2D eigenvalue weighted by Crippen LogP contribution is 2.11. The first-order chi connectivity index (χ1) is 7.08. The Morgan fingerprint density at radius 1 is 1.20 bits per heavy atom. The van der Waals surface area contributed by atoms with Crippen molar-refractivity contribution in [1.29, 1.82) is 0 Å². The fraction of sp³-hybridized carbons (Fsp3) is 0.111. The number of nitrogens with zero attached hydrogens (tertiary/aromatic N) is 2. The van der Waals surface area contributed by atoms with E-state index in [4.69, 9.17) is 5.11 Å². The summed E-state index contributed by atoms with van der Waals surface area (Å²) in [6.45, 7) is 1.88. The molecular formula is C9H8N2O4. The maximum absolute atomic E-state index is 10.9. The van der Waals surface area contributed by atoms with Crippen molar-refractivity contribution in [3.8, 4) is 5.75 Å². The van der Waals surface area contributed by atoms with Crippen LogP contribution in [-0.2, 0) is 0 Å². The molecule has 0 atom stereocenters. The summed E-state index contributed by atoms with van der Waals surface area (Å²) < 4.78 is 4.66. The van der Waals surface area contributed by atoms with Gasteiger partial charge in [0, 0.05) is 0 Å². The normalized spacial score (nSPS) is 10.2. The van der Waals surface area contributed by atoms with Gasteiger partial charge in [-0.3, -0.25) is 0 Å². The lowest BCUT2D eigenvalue weighted by atomic mass is 10.2. The zero-order valence-corrected chi connectivity index (χ0v) is 7.88. The number of carbonyl (C=O) groups is 2. The number of amides is 2. The smallest absolute Gasteiger partial charge is 0.458 e. The zero-order valence-electron chi connectivity index (χ0n) is 7.88. The van der Waals surface area contributed by atoms with Crippen LogP contribution in [0.15, 0.2) is 34.5 Å². The molecular weight excluding hydrogens is 200 g/mol. The van der Waals surface area contributed by atoms with Crippen LogP contribution in [-0.4, -0.2) is 17.3 Å². The van der Waals surface area contributed by atoms with Gasteiger partial charge in [-0.2, -0.15) is 0 Å². The fourth-order valence-electron chi connectivity index (χ4n) is 0.811. The molecule has 2 amide bonds. The lowest BCUT2D eigenvalue weighted by Crippen LogP contribution is -2.01. The van der Waals surface area contributed by atoms with Gasteiger partial charge in [-0.15, -0.1) is 0 Å². The van der Waals surface area contributed by atoms with Crippen molar-refractivity contribution in [3.63, 3.8) is 0 Å². The van der Waals surface area contributed by atoms with Crippen LogP contribution >= 0.6 is 0 Å². The highest BCUT2D eigenvalue weighted by atomic mass is 16.6.